The van der Waals surface area contributed by atoms with E-state index in [1.807, 2.05) is 66.1 Å². The van der Waals surface area contributed by atoms with Gasteiger partial charge in [0.2, 0.25) is 0 Å². The molecule has 1 atom stereocenters. The molecule has 0 spiro atoms. The third-order valence-electron chi connectivity index (χ3n) is 6.61. The Morgan fingerprint density at radius 3 is 2.56 bits per heavy atom. The van der Waals surface area contributed by atoms with Gasteiger partial charge in [0.15, 0.2) is 5.13 Å². The van der Waals surface area contributed by atoms with Crippen molar-refractivity contribution in [1.82, 2.24) is 15.2 Å². The lowest BCUT2D eigenvalue weighted by molar-refractivity contribution is -0.120. The van der Waals surface area contributed by atoms with Crippen molar-refractivity contribution >= 4 is 34.0 Å². The van der Waals surface area contributed by atoms with Crippen LogP contribution in [0.2, 0.25) is 0 Å². The number of rotatable bonds is 6. The molecule has 10 heteroatoms. The van der Waals surface area contributed by atoms with Crippen molar-refractivity contribution in [3.63, 3.8) is 0 Å². The standard InChI is InChI=1S/C29H22FN5O3S/c30-21-5-8-25(36)24(16-21)26(27(37)33-29-32-11-14-39-29)35-17-20-2-1-19(15-23(20)28(35)38)18-3-6-22(7-4-18)34-12-9-31-10-13-34/h1-16,26,31,36H,17H2,(H,32,33,37)/t26-/m1/s1. The van der Waals surface area contributed by atoms with Crippen molar-refractivity contribution in [1.29, 1.82) is 0 Å². The summed E-state index contributed by atoms with van der Waals surface area (Å²) in [5, 5.41) is 18.3. The average molecular weight is 540 g/mol. The number of hydrogen-bond donors (Lipinski definition) is 3. The van der Waals surface area contributed by atoms with Crippen molar-refractivity contribution in [2.45, 2.75) is 12.6 Å². The maximum atomic E-state index is 14.2. The molecule has 194 valence electrons. The number of halogens is 1. The smallest absolute Gasteiger partial charge is 0.255 e. The maximum absolute atomic E-state index is 14.2. The number of nitrogens with zero attached hydrogens (tertiary/aromatic N) is 3. The van der Waals surface area contributed by atoms with Crippen LogP contribution < -0.4 is 15.5 Å². The Morgan fingerprint density at radius 2 is 1.82 bits per heavy atom. The summed E-state index contributed by atoms with van der Waals surface area (Å²) < 4.78 is 14.2. The molecule has 0 bridgehead atoms. The zero-order valence-corrected chi connectivity index (χ0v) is 21.2. The van der Waals surface area contributed by atoms with Gasteiger partial charge in [-0.1, -0.05) is 24.3 Å². The Morgan fingerprint density at radius 1 is 1.05 bits per heavy atom. The molecule has 0 aliphatic carbocycles. The topological polar surface area (TPSA) is 97.8 Å². The lowest BCUT2D eigenvalue weighted by atomic mass is 10.00. The Balaban J connectivity index is 1.31. The SMILES string of the molecule is O=C(Nc1nccs1)[C@@H](c1cc(F)ccc1O)N1Cc2ccc(-c3ccc(N4C=CNC=C4)cc3)cc2C1=O. The molecule has 1 aromatic heterocycles. The Kier molecular flexibility index (Phi) is 6.29. The van der Waals surface area contributed by atoms with E-state index in [4.69, 9.17) is 0 Å². The van der Waals surface area contributed by atoms with E-state index in [1.165, 1.54) is 28.5 Å². The Hall–Kier alpha value is -4.96. The van der Waals surface area contributed by atoms with Gasteiger partial charge in [-0.2, -0.15) is 0 Å². The number of hydrogen-bond acceptors (Lipinski definition) is 7. The van der Waals surface area contributed by atoms with Crippen LogP contribution in [-0.4, -0.2) is 26.8 Å². The summed E-state index contributed by atoms with van der Waals surface area (Å²) in [6.07, 6.45) is 9.03. The molecule has 0 unspecified atom stereocenters. The summed E-state index contributed by atoms with van der Waals surface area (Å²) in [5.41, 5.74) is 3.94. The van der Waals surface area contributed by atoms with Crippen molar-refractivity contribution in [3.8, 4) is 16.9 Å². The van der Waals surface area contributed by atoms with Gasteiger partial charge in [-0.15, -0.1) is 11.3 Å². The molecule has 0 saturated heterocycles. The van der Waals surface area contributed by atoms with E-state index in [1.54, 1.807) is 11.4 Å². The predicted molar refractivity (Wildman–Crippen MR) is 147 cm³/mol. The molecule has 6 rings (SSSR count). The van der Waals surface area contributed by atoms with E-state index in [0.717, 1.165) is 34.5 Å². The Bertz CT molecular complexity index is 1610. The highest BCUT2D eigenvalue weighted by atomic mass is 32.1. The number of benzene rings is 3. The second kappa shape index (κ2) is 10.1. The highest BCUT2D eigenvalue weighted by Gasteiger charge is 2.39. The molecule has 3 aromatic carbocycles. The number of phenols is 1. The zero-order valence-electron chi connectivity index (χ0n) is 20.4. The van der Waals surface area contributed by atoms with Crippen molar-refractivity contribution in [2.24, 2.45) is 0 Å². The van der Waals surface area contributed by atoms with E-state index in [2.05, 4.69) is 15.6 Å². The van der Waals surface area contributed by atoms with Gasteiger partial charge in [0, 0.05) is 59.7 Å². The average Bonchev–Trinajstić information content (AvgIpc) is 3.59. The lowest BCUT2D eigenvalue weighted by Crippen LogP contribution is -2.37. The third kappa shape index (κ3) is 4.73. The van der Waals surface area contributed by atoms with Gasteiger partial charge >= 0.3 is 0 Å². The molecule has 2 aliphatic rings. The molecule has 2 amide bonds. The van der Waals surface area contributed by atoms with Crippen LogP contribution in [0.1, 0.15) is 27.5 Å². The minimum absolute atomic E-state index is 0.00274. The van der Waals surface area contributed by atoms with Crippen LogP contribution in [0.5, 0.6) is 5.75 Å². The first-order chi connectivity index (χ1) is 19.0. The van der Waals surface area contributed by atoms with Crippen molar-refractivity contribution < 1.29 is 19.1 Å². The van der Waals surface area contributed by atoms with E-state index >= 15 is 0 Å². The molecule has 3 N–H and O–H groups in total. The number of nitrogens with one attached hydrogen (secondary N) is 2. The Labute approximate surface area is 227 Å². The van der Waals surface area contributed by atoms with Crippen LogP contribution in [0.4, 0.5) is 15.2 Å². The molecular weight excluding hydrogens is 517 g/mol. The van der Waals surface area contributed by atoms with E-state index in [9.17, 15) is 19.1 Å². The molecular formula is C29H22FN5O3S. The van der Waals surface area contributed by atoms with Gasteiger partial charge in [-0.05, 0) is 53.1 Å². The highest BCUT2D eigenvalue weighted by molar-refractivity contribution is 7.13. The number of aromatic nitrogens is 1. The second-order valence-corrected chi connectivity index (χ2v) is 9.88. The van der Waals surface area contributed by atoms with Crippen molar-refractivity contribution in [3.05, 3.63) is 120 Å². The van der Waals surface area contributed by atoms with Crippen LogP contribution in [0.25, 0.3) is 11.1 Å². The van der Waals surface area contributed by atoms with Gasteiger partial charge in [-0.25, -0.2) is 9.37 Å². The van der Waals surface area contributed by atoms with Crippen LogP contribution in [0.3, 0.4) is 0 Å². The molecule has 4 aromatic rings. The first kappa shape index (κ1) is 24.4. The molecule has 8 nitrogen and oxygen atoms in total. The molecule has 2 aliphatic heterocycles. The number of phenolic OH excluding ortho intramolecular Hbond substituents is 1. The first-order valence-electron chi connectivity index (χ1n) is 12.1. The van der Waals surface area contributed by atoms with Crippen LogP contribution >= 0.6 is 11.3 Å². The normalized spacial score (nSPS) is 14.7. The van der Waals surface area contributed by atoms with Gasteiger partial charge in [0.25, 0.3) is 11.8 Å². The summed E-state index contributed by atoms with van der Waals surface area (Å²) >= 11 is 1.21. The number of anilines is 2. The van der Waals surface area contributed by atoms with Crippen LogP contribution in [-0.2, 0) is 11.3 Å². The minimum atomic E-state index is -1.27. The number of fused-ring (bicyclic) bond motifs is 1. The summed E-state index contributed by atoms with van der Waals surface area (Å²) in [6, 6.07) is 15.6. The van der Waals surface area contributed by atoms with Gasteiger partial charge in [0.05, 0.1) is 0 Å². The largest absolute Gasteiger partial charge is 0.508 e. The van der Waals surface area contributed by atoms with E-state index < -0.39 is 17.8 Å². The molecule has 0 saturated carbocycles. The second-order valence-electron chi connectivity index (χ2n) is 8.99. The molecule has 0 fully saturated rings. The number of thiazole rings is 1. The maximum Gasteiger partial charge on any atom is 0.255 e. The fourth-order valence-corrected chi connectivity index (χ4v) is 5.25. The van der Waals surface area contributed by atoms with Gasteiger partial charge in [-0.3, -0.25) is 14.9 Å². The molecule has 39 heavy (non-hydrogen) atoms. The number of amides is 2. The number of carbonyl (C=O) groups excluding carboxylic acids is 2. The summed E-state index contributed by atoms with van der Waals surface area (Å²) in [4.78, 5) is 34.5. The summed E-state index contributed by atoms with van der Waals surface area (Å²) in [6.45, 7) is 0.126. The monoisotopic (exact) mass is 539 g/mol. The molecule has 0 radical (unpaired) electrons. The quantitative estimate of drug-likeness (QED) is 0.306. The van der Waals surface area contributed by atoms with E-state index in [-0.39, 0.29) is 23.8 Å². The number of carbonyl (C=O) groups is 2. The van der Waals surface area contributed by atoms with Gasteiger partial charge in [0.1, 0.15) is 17.6 Å². The lowest BCUT2D eigenvalue weighted by Gasteiger charge is -2.27. The molecule has 3 heterocycles. The fraction of sp³-hybridized carbons (Fsp3) is 0.0690. The van der Waals surface area contributed by atoms with Crippen LogP contribution in [0.15, 0.2) is 97.0 Å². The van der Waals surface area contributed by atoms with Gasteiger partial charge < -0.3 is 20.2 Å². The predicted octanol–water partition coefficient (Wildman–Crippen LogP) is 5.34. The third-order valence-corrected chi connectivity index (χ3v) is 7.30. The summed E-state index contributed by atoms with van der Waals surface area (Å²) in [5.74, 6) is -1.90. The fourth-order valence-electron chi connectivity index (χ4n) is 4.72. The minimum Gasteiger partial charge on any atom is -0.508 e. The first-order valence-corrected chi connectivity index (χ1v) is 13.0. The van der Waals surface area contributed by atoms with E-state index in [0.29, 0.717) is 10.7 Å². The zero-order chi connectivity index (χ0) is 26.9. The van der Waals surface area contributed by atoms with Crippen LogP contribution in [0, 0.1) is 5.82 Å². The number of aromatic hydroxyl groups is 1. The highest BCUT2D eigenvalue weighted by Crippen LogP contribution is 2.38. The van der Waals surface area contributed by atoms with Crippen molar-refractivity contribution in [2.75, 3.05) is 10.2 Å². The summed E-state index contributed by atoms with van der Waals surface area (Å²) in [7, 11) is 0.